The Hall–Kier alpha value is -0.570. The molecule has 1 heterocycles. The second kappa shape index (κ2) is 8.57. The van der Waals surface area contributed by atoms with Gasteiger partial charge in [0.05, 0.1) is 5.84 Å². The summed E-state index contributed by atoms with van der Waals surface area (Å²) < 4.78 is 0. The van der Waals surface area contributed by atoms with Gasteiger partial charge in [-0.15, -0.1) is 0 Å². The second-order valence-electron chi connectivity index (χ2n) is 4.69. The van der Waals surface area contributed by atoms with Gasteiger partial charge in [-0.25, -0.2) is 0 Å². The van der Waals surface area contributed by atoms with Crippen LogP contribution in [0.3, 0.4) is 0 Å². The Bertz CT molecular complexity index is 198. The maximum atomic E-state index is 8.99. The van der Waals surface area contributed by atoms with Crippen LogP contribution in [0.1, 0.15) is 51.9 Å². The third kappa shape index (κ3) is 5.50. The lowest BCUT2D eigenvalue weighted by Crippen LogP contribution is -2.29. The Balaban J connectivity index is 2.26. The van der Waals surface area contributed by atoms with Crippen molar-refractivity contribution in [2.75, 3.05) is 19.7 Å². The predicted octanol–water partition coefficient (Wildman–Crippen LogP) is 2.35. The Morgan fingerprint density at radius 1 is 1.31 bits per heavy atom. The van der Waals surface area contributed by atoms with Crippen molar-refractivity contribution in [3.05, 3.63) is 0 Å². The van der Waals surface area contributed by atoms with Gasteiger partial charge in [0.2, 0.25) is 0 Å². The van der Waals surface area contributed by atoms with E-state index in [2.05, 4.69) is 17.2 Å². The van der Waals surface area contributed by atoms with Crippen molar-refractivity contribution in [3.8, 4) is 0 Å². The first-order valence-corrected chi connectivity index (χ1v) is 6.75. The van der Waals surface area contributed by atoms with Crippen LogP contribution in [0.25, 0.3) is 0 Å². The molecule has 94 valence electrons. The van der Waals surface area contributed by atoms with E-state index >= 15 is 0 Å². The van der Waals surface area contributed by atoms with E-state index in [9.17, 15) is 0 Å². The number of aliphatic imine (C=N–C) groups is 1. The Morgan fingerprint density at radius 3 is 2.94 bits per heavy atom. The fraction of sp³-hybridized carbons (Fsp3) is 0.923. The van der Waals surface area contributed by atoms with Crippen LogP contribution in [0, 0.1) is 5.92 Å². The number of nitrogens with zero attached hydrogens (tertiary/aromatic N) is 1. The molecule has 0 aromatic rings. The zero-order chi connectivity index (χ0) is 11.6. The van der Waals surface area contributed by atoms with Crippen molar-refractivity contribution in [1.82, 2.24) is 5.32 Å². The second-order valence-corrected chi connectivity index (χ2v) is 4.69. The molecule has 3 heteroatoms. The summed E-state index contributed by atoms with van der Waals surface area (Å²) in [6.07, 6.45) is 8.22. The van der Waals surface area contributed by atoms with Crippen molar-refractivity contribution in [2.24, 2.45) is 10.9 Å². The molecule has 0 radical (unpaired) electrons. The average molecular weight is 226 g/mol. The van der Waals surface area contributed by atoms with Crippen LogP contribution >= 0.6 is 0 Å². The quantitative estimate of drug-likeness (QED) is 0.730. The van der Waals surface area contributed by atoms with Crippen LogP contribution in [0.15, 0.2) is 4.99 Å². The fourth-order valence-electron chi connectivity index (χ4n) is 2.22. The van der Waals surface area contributed by atoms with Gasteiger partial charge < -0.3 is 10.4 Å². The SMILES string of the molecule is CCCC(CCO)CNC1=NCCCCC1. The topological polar surface area (TPSA) is 44.6 Å². The summed E-state index contributed by atoms with van der Waals surface area (Å²) in [4.78, 5) is 4.56. The third-order valence-electron chi connectivity index (χ3n) is 3.20. The summed E-state index contributed by atoms with van der Waals surface area (Å²) in [6, 6.07) is 0. The molecule has 0 spiro atoms. The molecular weight excluding hydrogens is 200 g/mol. The van der Waals surface area contributed by atoms with Crippen molar-refractivity contribution in [1.29, 1.82) is 0 Å². The van der Waals surface area contributed by atoms with Crippen LogP contribution in [-0.2, 0) is 0 Å². The van der Waals surface area contributed by atoms with E-state index in [0.717, 1.165) is 25.9 Å². The third-order valence-corrected chi connectivity index (χ3v) is 3.20. The van der Waals surface area contributed by atoms with Crippen molar-refractivity contribution >= 4 is 5.84 Å². The molecule has 1 rings (SSSR count). The Kier molecular flexibility index (Phi) is 7.23. The summed E-state index contributed by atoms with van der Waals surface area (Å²) in [7, 11) is 0. The number of nitrogens with one attached hydrogen (secondary N) is 1. The fourth-order valence-corrected chi connectivity index (χ4v) is 2.22. The minimum absolute atomic E-state index is 0.304. The maximum absolute atomic E-state index is 8.99. The number of aliphatic hydroxyl groups is 1. The largest absolute Gasteiger partial charge is 0.396 e. The average Bonchev–Trinajstić information content (AvgIpc) is 2.55. The first-order chi connectivity index (χ1) is 7.86. The summed E-state index contributed by atoms with van der Waals surface area (Å²) in [5.41, 5.74) is 0. The van der Waals surface area contributed by atoms with Crippen molar-refractivity contribution in [3.63, 3.8) is 0 Å². The van der Waals surface area contributed by atoms with Gasteiger partial charge in [0.1, 0.15) is 0 Å². The Labute approximate surface area is 99.4 Å². The monoisotopic (exact) mass is 226 g/mol. The number of hydrogen-bond acceptors (Lipinski definition) is 3. The number of aliphatic hydroxyl groups excluding tert-OH is 1. The highest BCUT2D eigenvalue weighted by molar-refractivity contribution is 5.82. The first kappa shape index (κ1) is 13.5. The van der Waals surface area contributed by atoms with Gasteiger partial charge in [0.25, 0.3) is 0 Å². The van der Waals surface area contributed by atoms with Crippen LogP contribution in [0.5, 0.6) is 0 Å². The molecule has 1 aliphatic heterocycles. The van der Waals surface area contributed by atoms with E-state index in [-0.39, 0.29) is 0 Å². The molecule has 0 saturated carbocycles. The number of hydrogen-bond donors (Lipinski definition) is 2. The molecule has 0 aromatic carbocycles. The maximum Gasteiger partial charge on any atom is 0.0963 e. The zero-order valence-electron chi connectivity index (χ0n) is 10.5. The minimum atomic E-state index is 0.304. The van der Waals surface area contributed by atoms with Crippen LogP contribution in [0.4, 0.5) is 0 Å². The van der Waals surface area contributed by atoms with E-state index in [0.29, 0.717) is 12.5 Å². The molecule has 1 aliphatic rings. The lowest BCUT2D eigenvalue weighted by atomic mass is 10.0. The molecule has 0 aromatic heterocycles. The lowest BCUT2D eigenvalue weighted by molar-refractivity contribution is 0.251. The van der Waals surface area contributed by atoms with Crippen molar-refractivity contribution in [2.45, 2.75) is 51.9 Å². The van der Waals surface area contributed by atoms with Gasteiger partial charge in [-0.2, -0.15) is 0 Å². The van der Waals surface area contributed by atoms with E-state index in [1.165, 1.54) is 37.9 Å². The highest BCUT2D eigenvalue weighted by Crippen LogP contribution is 2.11. The predicted molar refractivity (Wildman–Crippen MR) is 68.9 cm³/mol. The molecule has 0 amide bonds. The molecule has 3 nitrogen and oxygen atoms in total. The molecule has 16 heavy (non-hydrogen) atoms. The molecule has 1 atom stereocenters. The van der Waals surface area contributed by atoms with E-state index in [1.54, 1.807) is 0 Å². The summed E-state index contributed by atoms with van der Waals surface area (Å²) in [6.45, 7) is 4.47. The number of amidine groups is 1. The van der Waals surface area contributed by atoms with Gasteiger partial charge in [-0.3, -0.25) is 4.99 Å². The van der Waals surface area contributed by atoms with E-state index < -0.39 is 0 Å². The highest BCUT2D eigenvalue weighted by Gasteiger charge is 2.09. The van der Waals surface area contributed by atoms with Gasteiger partial charge in [-0.1, -0.05) is 19.8 Å². The molecule has 1 unspecified atom stereocenters. The standard InChI is InChI=1S/C13H26N2O/c1-2-6-12(8-10-16)11-15-13-7-4-3-5-9-14-13/h12,16H,2-11H2,1H3,(H,14,15). The number of rotatable bonds is 6. The Morgan fingerprint density at radius 2 is 2.19 bits per heavy atom. The molecule has 2 N–H and O–H groups in total. The van der Waals surface area contributed by atoms with Gasteiger partial charge in [-0.05, 0) is 31.6 Å². The summed E-state index contributed by atoms with van der Waals surface area (Å²) in [5.74, 6) is 1.79. The van der Waals surface area contributed by atoms with Gasteiger partial charge >= 0.3 is 0 Å². The minimum Gasteiger partial charge on any atom is -0.396 e. The normalized spacial score (nSPS) is 18.8. The highest BCUT2D eigenvalue weighted by atomic mass is 16.3. The molecule has 0 saturated heterocycles. The van der Waals surface area contributed by atoms with E-state index in [1.807, 2.05) is 0 Å². The van der Waals surface area contributed by atoms with Crippen LogP contribution in [-0.4, -0.2) is 30.6 Å². The van der Waals surface area contributed by atoms with Gasteiger partial charge in [0.15, 0.2) is 0 Å². The molecule has 0 bridgehead atoms. The summed E-state index contributed by atoms with van der Waals surface area (Å²) >= 11 is 0. The lowest BCUT2D eigenvalue weighted by Gasteiger charge is -2.17. The van der Waals surface area contributed by atoms with Crippen molar-refractivity contribution < 1.29 is 5.11 Å². The summed E-state index contributed by atoms with van der Waals surface area (Å²) in [5, 5.41) is 12.5. The molecule has 0 fully saturated rings. The smallest absolute Gasteiger partial charge is 0.0963 e. The van der Waals surface area contributed by atoms with Gasteiger partial charge in [0, 0.05) is 26.1 Å². The van der Waals surface area contributed by atoms with Crippen LogP contribution in [0.2, 0.25) is 0 Å². The zero-order valence-corrected chi connectivity index (χ0v) is 10.5. The van der Waals surface area contributed by atoms with E-state index in [4.69, 9.17) is 5.11 Å². The molecular formula is C13H26N2O. The van der Waals surface area contributed by atoms with Crippen LogP contribution < -0.4 is 5.32 Å². The molecule has 0 aliphatic carbocycles. The first-order valence-electron chi connectivity index (χ1n) is 6.75.